The van der Waals surface area contributed by atoms with Crippen molar-refractivity contribution in [2.75, 3.05) is 21.3 Å². The van der Waals surface area contributed by atoms with Crippen LogP contribution >= 0.6 is 11.3 Å². The number of ketones is 1. The number of allylic oxidation sites excluding steroid dienone is 2. The Labute approximate surface area is 220 Å². The van der Waals surface area contributed by atoms with Gasteiger partial charge < -0.3 is 14.2 Å². The van der Waals surface area contributed by atoms with E-state index in [1.807, 2.05) is 25.1 Å². The number of aromatic nitrogens is 1. The largest absolute Gasteiger partial charge is 0.497 e. The minimum atomic E-state index is -0.667. The lowest BCUT2D eigenvalue weighted by molar-refractivity contribution is -0.114. The molecule has 0 bridgehead atoms. The Bertz CT molecular complexity index is 1590. The lowest BCUT2D eigenvalue weighted by Gasteiger charge is -2.26. The summed E-state index contributed by atoms with van der Waals surface area (Å²) in [4.78, 5) is 31.9. The number of fused-ring (bicyclic) bond motifs is 1. The summed E-state index contributed by atoms with van der Waals surface area (Å²) in [5.74, 6) is 2.09. The summed E-state index contributed by atoms with van der Waals surface area (Å²) in [5.41, 5.74) is 4.55. The number of hydrogen-bond donors (Lipinski definition) is 0. The molecule has 1 atom stereocenters. The number of thiazole rings is 1. The zero-order chi connectivity index (χ0) is 27.0. The average Bonchev–Trinajstić information content (AvgIpc) is 3.17. The number of aryl methyl sites for hydroxylation is 1. The molecule has 2 heterocycles. The Morgan fingerprint density at radius 1 is 1.05 bits per heavy atom. The second kappa shape index (κ2) is 10.4. The molecule has 0 saturated carbocycles. The van der Waals surface area contributed by atoms with Crippen molar-refractivity contribution in [1.29, 1.82) is 0 Å². The first-order valence-electron chi connectivity index (χ1n) is 12.0. The van der Waals surface area contributed by atoms with E-state index in [1.165, 1.54) is 18.3 Å². The monoisotopic (exact) mass is 520 g/mol. The van der Waals surface area contributed by atoms with Crippen LogP contribution in [0.3, 0.4) is 0 Å². The van der Waals surface area contributed by atoms with Crippen LogP contribution in [0.25, 0.3) is 6.08 Å². The third kappa shape index (κ3) is 4.73. The predicted molar refractivity (Wildman–Crippen MR) is 146 cm³/mol. The summed E-state index contributed by atoms with van der Waals surface area (Å²) >= 11 is 1.31. The highest BCUT2D eigenvalue weighted by molar-refractivity contribution is 7.07. The number of benzene rings is 2. The van der Waals surface area contributed by atoms with E-state index in [2.05, 4.69) is 24.9 Å². The van der Waals surface area contributed by atoms with Gasteiger partial charge in [0.05, 0.1) is 31.9 Å². The number of hydrogen-bond acceptors (Lipinski definition) is 7. The zero-order valence-corrected chi connectivity index (χ0v) is 23.3. The number of rotatable bonds is 7. The Morgan fingerprint density at radius 2 is 1.76 bits per heavy atom. The normalized spacial score (nSPS) is 15.5. The molecular weight excluding hydrogens is 488 g/mol. The van der Waals surface area contributed by atoms with E-state index in [1.54, 1.807) is 45.0 Å². The van der Waals surface area contributed by atoms with Crippen LogP contribution in [0, 0.1) is 6.92 Å². The number of Topliss-reactive ketones (excluding diaryl/α,β-unsaturated/α-hetero) is 1. The van der Waals surface area contributed by atoms with Gasteiger partial charge in [0.25, 0.3) is 5.56 Å². The summed E-state index contributed by atoms with van der Waals surface area (Å²) in [7, 11) is 4.81. The summed E-state index contributed by atoms with van der Waals surface area (Å²) in [5, 5.41) is 0. The van der Waals surface area contributed by atoms with Crippen molar-refractivity contribution in [3.05, 3.63) is 83.5 Å². The molecule has 0 unspecified atom stereocenters. The quantitative estimate of drug-likeness (QED) is 0.465. The topological polar surface area (TPSA) is 79.1 Å². The molecule has 0 amide bonds. The molecule has 3 aromatic rings. The van der Waals surface area contributed by atoms with Gasteiger partial charge in [-0.05, 0) is 73.7 Å². The van der Waals surface area contributed by atoms with Crippen molar-refractivity contribution in [1.82, 2.24) is 4.57 Å². The van der Waals surface area contributed by atoms with Crippen molar-refractivity contribution in [2.24, 2.45) is 4.99 Å². The molecule has 7 nitrogen and oxygen atoms in total. The number of carbonyl (C=O) groups is 1. The van der Waals surface area contributed by atoms with Gasteiger partial charge >= 0.3 is 0 Å². The predicted octanol–water partition coefficient (Wildman–Crippen LogP) is 4.28. The average molecular weight is 521 g/mol. The fourth-order valence-corrected chi connectivity index (χ4v) is 5.79. The summed E-state index contributed by atoms with van der Waals surface area (Å²) < 4.78 is 18.7. The molecule has 8 heteroatoms. The van der Waals surface area contributed by atoms with Gasteiger partial charge in [0.15, 0.2) is 10.6 Å². The maximum atomic E-state index is 13.9. The maximum absolute atomic E-state index is 13.9. The maximum Gasteiger partial charge on any atom is 0.271 e. The Morgan fingerprint density at radius 3 is 2.35 bits per heavy atom. The number of carbonyl (C=O) groups excluding carboxylic acids is 1. The minimum absolute atomic E-state index is 0.147. The standard InChI is InChI=1S/C29H32N2O5S/c1-15(2)22-12-19(16(3)11-23(22)35-7)13-25-28(33)31-27(21-10-9-20(34-6)14-24(21)36-8)26(18(5)32)17(4)30-29(31)37-25/h9-15,27H,1-8H3/b25-13+/t27-/m1/s1. The first kappa shape index (κ1) is 26.4. The molecule has 0 aliphatic carbocycles. The molecule has 0 N–H and O–H groups in total. The van der Waals surface area contributed by atoms with Crippen LogP contribution in [0.1, 0.15) is 61.9 Å². The highest BCUT2D eigenvalue weighted by atomic mass is 32.1. The van der Waals surface area contributed by atoms with Crippen molar-refractivity contribution in [2.45, 2.75) is 46.6 Å². The summed E-state index contributed by atoms with van der Waals surface area (Å²) in [6.07, 6.45) is 1.90. The van der Waals surface area contributed by atoms with Crippen LogP contribution < -0.4 is 29.1 Å². The van der Waals surface area contributed by atoms with E-state index >= 15 is 0 Å². The molecule has 0 radical (unpaired) electrons. The second-order valence-electron chi connectivity index (χ2n) is 9.35. The number of nitrogens with zero attached hydrogens (tertiary/aromatic N) is 2. The molecular formula is C29H32N2O5S. The fraction of sp³-hybridized carbons (Fsp3) is 0.345. The van der Waals surface area contributed by atoms with Gasteiger partial charge in [-0.25, -0.2) is 4.99 Å². The van der Waals surface area contributed by atoms with E-state index < -0.39 is 6.04 Å². The van der Waals surface area contributed by atoms with Crippen LogP contribution in [0.15, 0.2) is 51.4 Å². The number of ether oxygens (including phenoxy) is 3. The first-order chi connectivity index (χ1) is 17.6. The van der Waals surface area contributed by atoms with Crippen LogP contribution in [0.5, 0.6) is 17.2 Å². The van der Waals surface area contributed by atoms with E-state index in [-0.39, 0.29) is 17.3 Å². The van der Waals surface area contributed by atoms with Gasteiger partial charge in [-0.1, -0.05) is 25.2 Å². The molecule has 0 saturated heterocycles. The second-order valence-corrected chi connectivity index (χ2v) is 10.4. The van der Waals surface area contributed by atoms with E-state index in [0.29, 0.717) is 37.7 Å². The van der Waals surface area contributed by atoms with Crippen molar-refractivity contribution in [3.63, 3.8) is 0 Å². The number of methoxy groups -OCH3 is 3. The van der Waals surface area contributed by atoms with Gasteiger partial charge in [-0.3, -0.25) is 14.2 Å². The van der Waals surface area contributed by atoms with Gasteiger partial charge in [0.1, 0.15) is 17.2 Å². The van der Waals surface area contributed by atoms with E-state index in [4.69, 9.17) is 14.2 Å². The SMILES string of the molecule is COc1ccc([C@@H]2C(C(C)=O)=C(C)N=c3s/c(=C/c4cc(C(C)C)c(OC)cc4C)c(=O)n32)c(OC)c1. The van der Waals surface area contributed by atoms with Crippen molar-refractivity contribution in [3.8, 4) is 17.2 Å². The molecule has 194 valence electrons. The van der Waals surface area contributed by atoms with Gasteiger partial charge in [0.2, 0.25) is 0 Å². The van der Waals surface area contributed by atoms with Gasteiger partial charge in [-0.15, -0.1) is 0 Å². The third-order valence-corrected chi connectivity index (χ3v) is 7.65. The molecule has 1 aliphatic heterocycles. The molecule has 2 aromatic carbocycles. The summed E-state index contributed by atoms with van der Waals surface area (Å²) in [6.45, 7) is 9.52. The lowest BCUT2D eigenvalue weighted by Crippen LogP contribution is -2.39. The van der Waals surface area contributed by atoms with Crippen LogP contribution in [-0.4, -0.2) is 31.7 Å². The lowest BCUT2D eigenvalue weighted by atomic mass is 9.92. The van der Waals surface area contributed by atoms with Gasteiger partial charge in [-0.2, -0.15) is 0 Å². The van der Waals surface area contributed by atoms with Crippen LogP contribution in [0.4, 0.5) is 0 Å². The van der Waals surface area contributed by atoms with Crippen molar-refractivity contribution < 1.29 is 19.0 Å². The Hall–Kier alpha value is -3.65. The van der Waals surface area contributed by atoms with E-state index in [9.17, 15) is 9.59 Å². The smallest absolute Gasteiger partial charge is 0.271 e. The molecule has 4 rings (SSSR count). The minimum Gasteiger partial charge on any atom is -0.497 e. The van der Waals surface area contributed by atoms with Crippen LogP contribution in [-0.2, 0) is 4.79 Å². The van der Waals surface area contributed by atoms with Crippen molar-refractivity contribution >= 4 is 23.2 Å². The fourth-order valence-electron chi connectivity index (χ4n) is 4.75. The van der Waals surface area contributed by atoms with E-state index in [0.717, 1.165) is 22.4 Å². The third-order valence-electron chi connectivity index (χ3n) is 6.66. The molecule has 1 aliphatic rings. The Balaban J connectivity index is 1.99. The molecule has 1 aromatic heterocycles. The van der Waals surface area contributed by atoms with Crippen LogP contribution in [0.2, 0.25) is 0 Å². The highest BCUT2D eigenvalue weighted by Gasteiger charge is 2.32. The highest BCUT2D eigenvalue weighted by Crippen LogP contribution is 2.37. The molecule has 0 fully saturated rings. The van der Waals surface area contributed by atoms with Gasteiger partial charge in [0, 0.05) is 22.9 Å². The Kier molecular flexibility index (Phi) is 7.41. The molecule has 37 heavy (non-hydrogen) atoms. The molecule has 0 spiro atoms. The zero-order valence-electron chi connectivity index (χ0n) is 22.5. The first-order valence-corrected chi connectivity index (χ1v) is 12.9. The summed E-state index contributed by atoms with van der Waals surface area (Å²) in [6, 6.07) is 8.81.